The highest BCUT2D eigenvalue weighted by Crippen LogP contribution is 2.45. The lowest BCUT2D eigenvalue weighted by Crippen LogP contribution is -2.37. The molecule has 40 heavy (non-hydrogen) atoms. The van der Waals surface area contributed by atoms with Crippen LogP contribution in [0, 0.1) is 106 Å². The highest BCUT2D eigenvalue weighted by molar-refractivity contribution is 4.87. The van der Waals surface area contributed by atoms with Gasteiger partial charge in [0.15, 0.2) is 0 Å². The summed E-state index contributed by atoms with van der Waals surface area (Å²) in [6, 6.07) is 0. The molecule has 0 heterocycles. The fourth-order valence-electron chi connectivity index (χ4n) is 8.50. The lowest BCUT2D eigenvalue weighted by atomic mass is 9.62. The Labute approximate surface area is 257 Å². The van der Waals surface area contributed by atoms with Crippen molar-refractivity contribution in [2.24, 2.45) is 106 Å². The third kappa shape index (κ3) is 10.9. The van der Waals surface area contributed by atoms with Crippen LogP contribution >= 0.6 is 0 Å². The van der Waals surface area contributed by atoms with E-state index >= 15 is 0 Å². The summed E-state index contributed by atoms with van der Waals surface area (Å²) in [4.78, 5) is 0. The summed E-state index contributed by atoms with van der Waals surface area (Å²) in [5.41, 5.74) is 0.418. The first kappa shape index (κ1) is 40.0. The highest BCUT2D eigenvalue weighted by Gasteiger charge is 2.38. The second-order valence-corrected chi connectivity index (χ2v) is 17.9. The maximum atomic E-state index is 2.58. The molecule has 0 aromatic heterocycles. The van der Waals surface area contributed by atoms with Crippen molar-refractivity contribution in [1.82, 2.24) is 0 Å². The van der Waals surface area contributed by atoms with Crippen LogP contribution in [0.15, 0.2) is 0 Å². The zero-order valence-corrected chi connectivity index (χ0v) is 32.0. The van der Waals surface area contributed by atoms with Crippen LogP contribution in [0.3, 0.4) is 0 Å². The maximum absolute atomic E-state index is 2.58. The fraction of sp³-hybridized carbons (Fsp3) is 1.00. The van der Waals surface area contributed by atoms with Crippen molar-refractivity contribution in [2.75, 3.05) is 0 Å². The molecule has 0 aromatic carbocycles. The summed E-state index contributed by atoms with van der Waals surface area (Å²) in [5.74, 6) is 12.9. The van der Waals surface area contributed by atoms with Gasteiger partial charge >= 0.3 is 0 Å². The summed E-state index contributed by atoms with van der Waals surface area (Å²) in [6.07, 6.45) is 1.32. The van der Waals surface area contributed by atoms with Crippen LogP contribution in [0.25, 0.3) is 0 Å². The molecule has 0 saturated heterocycles. The molecule has 0 aromatic rings. The number of hydrogen-bond donors (Lipinski definition) is 0. The quantitative estimate of drug-likeness (QED) is 0.165. The van der Waals surface area contributed by atoms with E-state index in [0.717, 1.165) is 101 Å². The normalized spacial score (nSPS) is 25.4. The van der Waals surface area contributed by atoms with Gasteiger partial charge in [-0.1, -0.05) is 145 Å². The van der Waals surface area contributed by atoms with Crippen molar-refractivity contribution < 1.29 is 0 Å². The molecule has 0 N–H and O–H groups in total. The van der Waals surface area contributed by atoms with Crippen molar-refractivity contribution in [3.05, 3.63) is 0 Å². The number of hydrogen-bond acceptors (Lipinski definition) is 0. The standard InChI is InChI=1S/C40H82/c1-23(2)25(4)27(6)29(8)31(10)33(12)35(14)37(16)39(18)38(17)36(15)34(13)32(11)30(9)28(7)26(5)24(3)22-40(19,20)21/h23-39H,22H2,1-21H3. The number of rotatable bonds is 17. The molecule has 0 aliphatic carbocycles. The van der Waals surface area contributed by atoms with E-state index in [0.29, 0.717) is 5.41 Å². The Morgan fingerprint density at radius 2 is 0.450 bits per heavy atom. The molecular weight excluding hydrogens is 480 g/mol. The molecule has 0 aliphatic heterocycles. The average Bonchev–Trinajstić information content (AvgIpc) is 2.89. The SMILES string of the molecule is CC(C)C(C)C(C)C(C)C(C)C(C)C(C)C(C)C(C)C(C)C(C)C(C)C(C)C(C)C(C)C(C)C(C)CC(C)(C)C. The smallest absolute Gasteiger partial charge is 0.0380 e. The van der Waals surface area contributed by atoms with Crippen LogP contribution in [-0.4, -0.2) is 0 Å². The molecule has 0 heteroatoms. The van der Waals surface area contributed by atoms with Gasteiger partial charge in [0, 0.05) is 0 Å². The topological polar surface area (TPSA) is 0 Å². The van der Waals surface area contributed by atoms with E-state index in [1.165, 1.54) is 6.42 Å². The predicted molar refractivity (Wildman–Crippen MR) is 186 cm³/mol. The molecule has 0 rings (SSSR count). The van der Waals surface area contributed by atoms with Gasteiger partial charge in [-0.2, -0.15) is 0 Å². The lowest BCUT2D eigenvalue weighted by Gasteiger charge is -2.44. The van der Waals surface area contributed by atoms with Gasteiger partial charge in [0.25, 0.3) is 0 Å². The molecule has 0 saturated carbocycles. The van der Waals surface area contributed by atoms with E-state index < -0.39 is 0 Å². The van der Waals surface area contributed by atoms with Gasteiger partial charge in [-0.05, 0) is 112 Å². The molecule has 0 aliphatic rings. The van der Waals surface area contributed by atoms with E-state index in [-0.39, 0.29) is 0 Å². The van der Waals surface area contributed by atoms with E-state index in [1.54, 1.807) is 0 Å². The Morgan fingerprint density at radius 1 is 0.275 bits per heavy atom. The van der Waals surface area contributed by atoms with Crippen molar-refractivity contribution >= 4 is 0 Å². The van der Waals surface area contributed by atoms with Crippen molar-refractivity contribution in [3.63, 3.8) is 0 Å². The molecule has 0 bridgehead atoms. The molecule has 0 radical (unpaired) electrons. The summed E-state index contributed by atoms with van der Waals surface area (Å²) < 4.78 is 0. The molecular formula is C40H82. The monoisotopic (exact) mass is 563 g/mol. The Balaban J connectivity index is 5.38. The van der Waals surface area contributed by atoms with Gasteiger partial charge in [0.1, 0.15) is 0 Å². The molecule has 16 atom stereocenters. The van der Waals surface area contributed by atoms with Crippen molar-refractivity contribution in [3.8, 4) is 0 Å². The Hall–Kier alpha value is 0. The van der Waals surface area contributed by atoms with Gasteiger partial charge < -0.3 is 0 Å². The third-order valence-corrected chi connectivity index (χ3v) is 14.5. The van der Waals surface area contributed by atoms with Crippen LogP contribution in [0.2, 0.25) is 0 Å². The van der Waals surface area contributed by atoms with E-state index in [4.69, 9.17) is 0 Å². The van der Waals surface area contributed by atoms with Crippen molar-refractivity contribution in [2.45, 2.75) is 152 Å². The zero-order valence-electron chi connectivity index (χ0n) is 32.0. The predicted octanol–water partition coefficient (Wildman–Crippen LogP) is 13.3. The molecule has 242 valence electrons. The summed E-state index contributed by atoms with van der Waals surface area (Å²) >= 11 is 0. The minimum absolute atomic E-state index is 0.418. The van der Waals surface area contributed by atoms with Crippen LogP contribution < -0.4 is 0 Å². The largest absolute Gasteiger partial charge is 0.0625 e. The van der Waals surface area contributed by atoms with Gasteiger partial charge in [-0.3, -0.25) is 0 Å². The first-order valence-electron chi connectivity index (χ1n) is 18.0. The van der Waals surface area contributed by atoms with E-state index in [9.17, 15) is 0 Å². The van der Waals surface area contributed by atoms with E-state index in [2.05, 4.69) is 145 Å². The second-order valence-electron chi connectivity index (χ2n) is 17.9. The molecule has 0 spiro atoms. The molecule has 0 fully saturated rings. The first-order valence-corrected chi connectivity index (χ1v) is 18.0. The molecule has 16 unspecified atom stereocenters. The van der Waals surface area contributed by atoms with Crippen LogP contribution in [0.4, 0.5) is 0 Å². The van der Waals surface area contributed by atoms with Crippen molar-refractivity contribution in [1.29, 1.82) is 0 Å². The van der Waals surface area contributed by atoms with Gasteiger partial charge in [-0.25, -0.2) is 0 Å². The third-order valence-electron chi connectivity index (χ3n) is 14.5. The highest BCUT2D eigenvalue weighted by atomic mass is 14.4. The Kier molecular flexibility index (Phi) is 16.7. The Morgan fingerprint density at radius 3 is 0.625 bits per heavy atom. The van der Waals surface area contributed by atoms with Crippen LogP contribution in [0.5, 0.6) is 0 Å². The second kappa shape index (κ2) is 16.7. The zero-order chi connectivity index (χ0) is 32.0. The van der Waals surface area contributed by atoms with Crippen LogP contribution in [-0.2, 0) is 0 Å². The molecule has 0 amide bonds. The summed E-state index contributed by atoms with van der Waals surface area (Å²) in [5, 5.41) is 0. The summed E-state index contributed by atoms with van der Waals surface area (Å²) in [6.45, 7) is 52.8. The lowest BCUT2D eigenvalue weighted by molar-refractivity contribution is 0.0508. The maximum Gasteiger partial charge on any atom is -0.0380 e. The minimum Gasteiger partial charge on any atom is -0.0625 e. The average molecular weight is 563 g/mol. The Bertz CT molecular complexity index is 668. The van der Waals surface area contributed by atoms with Gasteiger partial charge in [-0.15, -0.1) is 0 Å². The first-order chi connectivity index (χ1) is 18.0. The minimum atomic E-state index is 0.418. The van der Waals surface area contributed by atoms with Crippen LogP contribution in [0.1, 0.15) is 152 Å². The fourth-order valence-corrected chi connectivity index (χ4v) is 8.50. The molecule has 0 nitrogen and oxygen atoms in total. The van der Waals surface area contributed by atoms with E-state index in [1.807, 2.05) is 0 Å². The van der Waals surface area contributed by atoms with Gasteiger partial charge in [0.05, 0.1) is 0 Å². The summed E-state index contributed by atoms with van der Waals surface area (Å²) in [7, 11) is 0. The van der Waals surface area contributed by atoms with Gasteiger partial charge in [0.2, 0.25) is 0 Å².